The first-order valence-corrected chi connectivity index (χ1v) is 7.38. The minimum absolute atomic E-state index is 0.139. The minimum atomic E-state index is -1.20. The van der Waals surface area contributed by atoms with Gasteiger partial charge >= 0.3 is 0 Å². The molecule has 2 fully saturated rings. The number of carbonyl (C=O) groups excluding carboxylic acids is 2. The van der Waals surface area contributed by atoms with Crippen molar-refractivity contribution in [2.24, 2.45) is 11.8 Å². The predicted molar refractivity (Wildman–Crippen MR) is 68.5 cm³/mol. The first-order chi connectivity index (χ1) is 9.61. The number of hydrogen-bond donors (Lipinski definition) is 0. The van der Waals surface area contributed by atoms with E-state index in [1.54, 1.807) is 22.3 Å². The molecule has 1 amide bonds. The fraction of sp³-hybridized carbons (Fsp3) is 0.429. The second kappa shape index (κ2) is 3.93. The number of carboxylic acids is 1. The summed E-state index contributed by atoms with van der Waals surface area (Å²) in [6, 6.07) is 3.90. The standard InChI is InChI=1S/C14H13NO4S/c16-12-11-10(13(17)18)9-3-4-14(11,19-9)7-15(12)6-8-2-1-5-20-8/h1-5,9-11H,6-7H2,(H,17,18)/p-1/t9-,10+,11+,14-/m1/s1. The van der Waals surface area contributed by atoms with Crippen LogP contribution in [0, 0.1) is 11.8 Å². The Labute approximate surface area is 119 Å². The van der Waals surface area contributed by atoms with E-state index in [1.807, 2.05) is 23.6 Å². The fourth-order valence-electron chi connectivity index (χ4n) is 3.57. The van der Waals surface area contributed by atoms with Crippen molar-refractivity contribution in [1.29, 1.82) is 0 Å². The highest BCUT2D eigenvalue weighted by molar-refractivity contribution is 7.09. The molecule has 20 heavy (non-hydrogen) atoms. The van der Waals surface area contributed by atoms with Crippen molar-refractivity contribution < 1.29 is 19.4 Å². The number of aliphatic carboxylic acids is 1. The summed E-state index contributed by atoms with van der Waals surface area (Å²) in [5.41, 5.74) is -0.760. The van der Waals surface area contributed by atoms with Crippen LogP contribution in [0.25, 0.3) is 0 Å². The van der Waals surface area contributed by atoms with Crippen LogP contribution in [-0.4, -0.2) is 35.0 Å². The van der Waals surface area contributed by atoms with Gasteiger partial charge in [0, 0.05) is 16.8 Å². The molecule has 4 atom stereocenters. The van der Waals surface area contributed by atoms with E-state index in [0.717, 1.165) is 4.88 Å². The van der Waals surface area contributed by atoms with Crippen molar-refractivity contribution in [2.45, 2.75) is 18.2 Å². The lowest BCUT2D eigenvalue weighted by atomic mass is 9.77. The van der Waals surface area contributed by atoms with Crippen LogP contribution in [0.4, 0.5) is 0 Å². The first kappa shape index (κ1) is 12.1. The third-order valence-electron chi connectivity index (χ3n) is 4.38. The monoisotopic (exact) mass is 290 g/mol. The molecule has 4 rings (SSSR count). The van der Waals surface area contributed by atoms with Gasteiger partial charge in [-0.2, -0.15) is 0 Å². The van der Waals surface area contributed by atoms with Crippen molar-refractivity contribution in [2.75, 3.05) is 6.54 Å². The highest BCUT2D eigenvalue weighted by atomic mass is 32.1. The van der Waals surface area contributed by atoms with Crippen LogP contribution in [0.2, 0.25) is 0 Å². The third-order valence-corrected chi connectivity index (χ3v) is 5.24. The molecule has 0 radical (unpaired) electrons. The topological polar surface area (TPSA) is 69.7 Å². The van der Waals surface area contributed by atoms with Crippen molar-refractivity contribution in [3.05, 3.63) is 34.5 Å². The van der Waals surface area contributed by atoms with Gasteiger partial charge in [0.05, 0.1) is 25.1 Å². The van der Waals surface area contributed by atoms with E-state index in [1.165, 1.54) is 0 Å². The van der Waals surface area contributed by atoms with E-state index < -0.39 is 29.5 Å². The van der Waals surface area contributed by atoms with E-state index in [-0.39, 0.29) is 5.91 Å². The Morgan fingerprint density at radius 3 is 3.15 bits per heavy atom. The summed E-state index contributed by atoms with van der Waals surface area (Å²) < 4.78 is 5.79. The summed E-state index contributed by atoms with van der Waals surface area (Å²) in [7, 11) is 0. The van der Waals surface area contributed by atoms with Gasteiger partial charge in [-0.3, -0.25) is 4.79 Å². The number of carbonyl (C=O) groups is 2. The summed E-state index contributed by atoms with van der Waals surface area (Å²) in [6.45, 7) is 0.932. The van der Waals surface area contributed by atoms with E-state index in [2.05, 4.69) is 0 Å². The number of ether oxygens (including phenoxy) is 1. The first-order valence-electron chi connectivity index (χ1n) is 6.50. The average Bonchev–Trinajstić information content (AvgIpc) is 3.12. The number of hydrogen-bond acceptors (Lipinski definition) is 5. The van der Waals surface area contributed by atoms with Gasteiger partial charge in [0.15, 0.2) is 0 Å². The Balaban J connectivity index is 1.65. The van der Waals surface area contributed by atoms with Gasteiger partial charge in [-0.05, 0) is 11.4 Å². The van der Waals surface area contributed by atoms with E-state index >= 15 is 0 Å². The van der Waals surface area contributed by atoms with Crippen molar-refractivity contribution in [1.82, 2.24) is 4.90 Å². The fourth-order valence-corrected chi connectivity index (χ4v) is 4.29. The predicted octanol–water partition coefficient (Wildman–Crippen LogP) is -0.220. The molecule has 1 aromatic rings. The Morgan fingerprint density at radius 1 is 1.60 bits per heavy atom. The normalized spacial score (nSPS) is 37.7. The summed E-state index contributed by atoms with van der Waals surface area (Å²) in [4.78, 5) is 26.6. The third kappa shape index (κ3) is 1.46. The highest BCUT2D eigenvalue weighted by Crippen LogP contribution is 2.51. The van der Waals surface area contributed by atoms with Gasteiger partial charge in [0.2, 0.25) is 5.91 Å². The summed E-state index contributed by atoms with van der Waals surface area (Å²) in [5.74, 6) is -2.83. The number of nitrogens with zero attached hydrogens (tertiary/aromatic N) is 1. The SMILES string of the molecule is O=C([O-])[C@@H]1[C@H]2C(=O)N(Cc3cccs3)C[C@]23C=C[C@H]1O3. The largest absolute Gasteiger partial charge is 0.550 e. The molecule has 3 aliphatic rings. The molecule has 2 saturated heterocycles. The van der Waals surface area contributed by atoms with Gasteiger partial charge in [0.25, 0.3) is 0 Å². The Bertz CT molecular complexity index is 611. The maximum absolute atomic E-state index is 12.5. The van der Waals surface area contributed by atoms with Crippen LogP contribution in [0.5, 0.6) is 0 Å². The molecule has 1 aromatic heterocycles. The summed E-state index contributed by atoms with van der Waals surface area (Å²) in [5, 5.41) is 13.3. The minimum Gasteiger partial charge on any atom is -0.550 e. The lowest BCUT2D eigenvalue weighted by Gasteiger charge is -2.24. The smallest absolute Gasteiger partial charge is 0.230 e. The number of rotatable bonds is 3. The van der Waals surface area contributed by atoms with Gasteiger partial charge in [-0.1, -0.05) is 18.2 Å². The van der Waals surface area contributed by atoms with E-state index in [4.69, 9.17) is 4.74 Å². The molecule has 0 unspecified atom stereocenters. The summed E-state index contributed by atoms with van der Waals surface area (Å²) >= 11 is 1.58. The van der Waals surface area contributed by atoms with Gasteiger partial charge in [0.1, 0.15) is 5.60 Å². The Hall–Kier alpha value is -1.66. The van der Waals surface area contributed by atoms with Crippen LogP contribution >= 0.6 is 11.3 Å². The quantitative estimate of drug-likeness (QED) is 0.722. The Morgan fingerprint density at radius 2 is 2.45 bits per heavy atom. The van der Waals surface area contributed by atoms with E-state index in [9.17, 15) is 14.7 Å². The highest BCUT2D eigenvalue weighted by Gasteiger charge is 2.65. The lowest BCUT2D eigenvalue weighted by molar-refractivity contribution is -0.313. The van der Waals surface area contributed by atoms with Crippen LogP contribution in [0.1, 0.15) is 4.88 Å². The average molecular weight is 290 g/mol. The zero-order chi connectivity index (χ0) is 13.9. The molecule has 1 spiro atoms. The molecule has 3 aliphatic heterocycles. The number of thiophene rings is 1. The number of carboxylic acid groups (broad SMARTS) is 1. The van der Waals surface area contributed by atoms with E-state index in [0.29, 0.717) is 13.1 Å². The second-order valence-corrected chi connectivity index (χ2v) is 6.52. The van der Waals surface area contributed by atoms with Crippen molar-refractivity contribution in [3.8, 4) is 0 Å². The Kier molecular flexibility index (Phi) is 2.38. The molecule has 2 bridgehead atoms. The van der Waals surface area contributed by atoms with Gasteiger partial charge < -0.3 is 19.5 Å². The van der Waals surface area contributed by atoms with Crippen LogP contribution < -0.4 is 5.11 Å². The van der Waals surface area contributed by atoms with Crippen molar-refractivity contribution >= 4 is 23.2 Å². The molecular formula is C14H12NO4S-. The molecule has 5 nitrogen and oxygen atoms in total. The molecule has 0 saturated carbocycles. The lowest BCUT2D eigenvalue weighted by Crippen LogP contribution is -2.45. The number of likely N-dealkylation sites (tertiary alicyclic amines) is 1. The van der Waals surface area contributed by atoms with Crippen LogP contribution in [0.3, 0.4) is 0 Å². The molecule has 4 heterocycles. The molecule has 0 aliphatic carbocycles. The van der Waals surface area contributed by atoms with Crippen LogP contribution in [-0.2, 0) is 20.9 Å². The molecule has 104 valence electrons. The van der Waals surface area contributed by atoms with Gasteiger partial charge in [-0.15, -0.1) is 11.3 Å². The maximum Gasteiger partial charge on any atom is 0.230 e. The zero-order valence-electron chi connectivity index (χ0n) is 10.5. The van der Waals surface area contributed by atoms with Crippen molar-refractivity contribution in [3.63, 3.8) is 0 Å². The molecular weight excluding hydrogens is 278 g/mol. The van der Waals surface area contributed by atoms with Crippen LogP contribution in [0.15, 0.2) is 29.7 Å². The number of fused-ring (bicyclic) bond motifs is 1. The second-order valence-electron chi connectivity index (χ2n) is 5.49. The molecule has 0 N–H and O–H groups in total. The number of amides is 1. The molecule has 6 heteroatoms. The zero-order valence-corrected chi connectivity index (χ0v) is 11.3. The van der Waals surface area contributed by atoms with Gasteiger partial charge in [-0.25, -0.2) is 0 Å². The molecule has 0 aromatic carbocycles. The summed E-state index contributed by atoms with van der Waals surface area (Å²) in [6.07, 6.45) is 3.09. The maximum atomic E-state index is 12.5.